The Morgan fingerprint density at radius 1 is 1.36 bits per heavy atom. The molecule has 0 aliphatic carbocycles. The number of hydrogen-bond donors (Lipinski definition) is 0. The fourth-order valence-electron chi connectivity index (χ4n) is 1.37. The maximum Gasteiger partial charge on any atom is 0.229 e. The Hall–Kier alpha value is -1.31. The van der Waals surface area contributed by atoms with E-state index in [0.29, 0.717) is 0 Å². The molecule has 1 amide bonds. The number of likely N-dealkylation sites (N-methyl/N-ethyl adjacent to an activating group) is 1. The van der Waals surface area contributed by atoms with Gasteiger partial charge in [0.2, 0.25) is 5.91 Å². The topological polar surface area (TPSA) is 20.3 Å². The molecule has 0 fully saturated rings. The molecule has 1 rings (SSSR count). The van der Waals surface area contributed by atoms with Crippen molar-refractivity contribution < 1.29 is 4.79 Å². The van der Waals surface area contributed by atoms with Crippen molar-refractivity contribution >= 4 is 5.91 Å². The summed E-state index contributed by atoms with van der Waals surface area (Å²) >= 11 is 0. The van der Waals surface area contributed by atoms with Gasteiger partial charge in [-0.15, -0.1) is 0 Å². The maximum atomic E-state index is 11.8. The quantitative estimate of drug-likeness (QED) is 0.717. The molecule has 76 valence electrons. The van der Waals surface area contributed by atoms with Gasteiger partial charge in [0.1, 0.15) is 0 Å². The van der Waals surface area contributed by atoms with Crippen molar-refractivity contribution in [2.24, 2.45) is 0 Å². The Morgan fingerprint density at radius 2 is 1.93 bits per heavy atom. The number of amides is 1. The van der Waals surface area contributed by atoms with E-state index in [2.05, 4.69) is 0 Å². The third kappa shape index (κ3) is 2.34. The van der Waals surface area contributed by atoms with Crippen molar-refractivity contribution in [3.63, 3.8) is 0 Å². The van der Waals surface area contributed by atoms with Crippen molar-refractivity contribution in [1.82, 2.24) is 4.90 Å². The summed E-state index contributed by atoms with van der Waals surface area (Å²) in [5.74, 6) is 0.139. The molecule has 14 heavy (non-hydrogen) atoms. The zero-order valence-corrected chi connectivity index (χ0v) is 9.03. The van der Waals surface area contributed by atoms with Gasteiger partial charge in [-0.05, 0) is 19.4 Å². The minimum atomic E-state index is -0.0406. The standard InChI is InChI=1S/C12H17NO/c1-4-13(3)12(14)10(2)11-8-6-5-7-9-11/h5-10H,4H2,1-3H3/t10-/m1/s1. The van der Waals surface area contributed by atoms with Crippen LogP contribution in [0.4, 0.5) is 0 Å². The van der Waals surface area contributed by atoms with Crippen LogP contribution in [0.2, 0.25) is 0 Å². The van der Waals surface area contributed by atoms with E-state index in [1.54, 1.807) is 4.90 Å². The van der Waals surface area contributed by atoms with Gasteiger partial charge in [0, 0.05) is 13.6 Å². The largest absolute Gasteiger partial charge is 0.346 e. The third-order valence-corrected chi connectivity index (χ3v) is 2.52. The second-order valence-electron chi connectivity index (χ2n) is 3.48. The molecular weight excluding hydrogens is 174 g/mol. The molecule has 2 nitrogen and oxygen atoms in total. The number of hydrogen-bond acceptors (Lipinski definition) is 1. The number of benzene rings is 1. The molecule has 0 radical (unpaired) electrons. The Kier molecular flexibility index (Phi) is 3.69. The van der Waals surface area contributed by atoms with Gasteiger partial charge in [-0.1, -0.05) is 30.3 Å². The molecule has 0 spiro atoms. The first-order valence-corrected chi connectivity index (χ1v) is 4.96. The average molecular weight is 191 g/mol. The average Bonchev–Trinajstić information content (AvgIpc) is 2.27. The van der Waals surface area contributed by atoms with Crippen LogP contribution in [-0.2, 0) is 4.79 Å². The third-order valence-electron chi connectivity index (χ3n) is 2.52. The number of rotatable bonds is 3. The van der Waals surface area contributed by atoms with Crippen LogP contribution < -0.4 is 0 Å². The van der Waals surface area contributed by atoms with Gasteiger partial charge >= 0.3 is 0 Å². The molecule has 1 aromatic carbocycles. The lowest BCUT2D eigenvalue weighted by Crippen LogP contribution is -2.30. The molecule has 0 N–H and O–H groups in total. The highest BCUT2D eigenvalue weighted by Crippen LogP contribution is 2.16. The molecule has 0 aliphatic heterocycles. The Balaban J connectivity index is 2.76. The van der Waals surface area contributed by atoms with E-state index < -0.39 is 0 Å². The summed E-state index contributed by atoms with van der Waals surface area (Å²) in [7, 11) is 1.84. The zero-order chi connectivity index (χ0) is 10.6. The van der Waals surface area contributed by atoms with Gasteiger partial charge in [-0.3, -0.25) is 4.79 Å². The molecule has 0 unspecified atom stereocenters. The second-order valence-corrected chi connectivity index (χ2v) is 3.48. The van der Waals surface area contributed by atoms with Crippen LogP contribution in [-0.4, -0.2) is 24.4 Å². The van der Waals surface area contributed by atoms with Crippen LogP contribution in [0.3, 0.4) is 0 Å². The van der Waals surface area contributed by atoms with Crippen molar-refractivity contribution in [2.45, 2.75) is 19.8 Å². The predicted molar refractivity (Wildman–Crippen MR) is 58.2 cm³/mol. The first-order chi connectivity index (χ1) is 6.66. The SMILES string of the molecule is CCN(C)C(=O)[C@H](C)c1ccccc1. The number of carbonyl (C=O) groups is 1. The Bertz CT molecular complexity index is 294. The van der Waals surface area contributed by atoms with E-state index in [4.69, 9.17) is 0 Å². The molecule has 0 saturated heterocycles. The molecule has 0 bridgehead atoms. The summed E-state index contributed by atoms with van der Waals surface area (Å²) < 4.78 is 0. The monoisotopic (exact) mass is 191 g/mol. The van der Waals surface area contributed by atoms with Crippen molar-refractivity contribution in [3.8, 4) is 0 Å². The van der Waals surface area contributed by atoms with Crippen molar-refractivity contribution in [2.75, 3.05) is 13.6 Å². The summed E-state index contributed by atoms with van der Waals surface area (Å²) in [6.07, 6.45) is 0. The molecule has 0 aromatic heterocycles. The zero-order valence-electron chi connectivity index (χ0n) is 9.03. The number of nitrogens with zero attached hydrogens (tertiary/aromatic N) is 1. The summed E-state index contributed by atoms with van der Waals surface area (Å²) in [4.78, 5) is 13.5. The van der Waals surface area contributed by atoms with Crippen LogP contribution in [0.25, 0.3) is 0 Å². The lowest BCUT2D eigenvalue weighted by atomic mass is 10.00. The fourth-order valence-corrected chi connectivity index (χ4v) is 1.37. The highest BCUT2D eigenvalue weighted by atomic mass is 16.2. The second kappa shape index (κ2) is 4.80. The summed E-state index contributed by atoms with van der Waals surface area (Å²) in [5, 5.41) is 0. The molecule has 0 heterocycles. The van der Waals surface area contributed by atoms with Gasteiger partial charge in [0.15, 0.2) is 0 Å². The smallest absolute Gasteiger partial charge is 0.229 e. The minimum absolute atomic E-state index is 0.0406. The van der Waals surface area contributed by atoms with E-state index in [-0.39, 0.29) is 11.8 Å². The fraction of sp³-hybridized carbons (Fsp3) is 0.417. The van der Waals surface area contributed by atoms with E-state index in [1.165, 1.54) is 0 Å². The van der Waals surface area contributed by atoms with Gasteiger partial charge in [0.05, 0.1) is 5.92 Å². The van der Waals surface area contributed by atoms with Crippen LogP contribution in [0, 0.1) is 0 Å². The van der Waals surface area contributed by atoms with Crippen LogP contribution in [0.5, 0.6) is 0 Å². The lowest BCUT2D eigenvalue weighted by Gasteiger charge is -2.19. The molecule has 0 aliphatic rings. The summed E-state index contributed by atoms with van der Waals surface area (Å²) in [5.41, 5.74) is 1.08. The molecule has 1 aromatic rings. The van der Waals surface area contributed by atoms with Gasteiger partial charge in [0.25, 0.3) is 0 Å². The molecule has 2 heteroatoms. The number of carbonyl (C=O) groups excluding carboxylic acids is 1. The molecule has 1 atom stereocenters. The van der Waals surface area contributed by atoms with E-state index in [0.717, 1.165) is 12.1 Å². The summed E-state index contributed by atoms with van der Waals surface area (Å²) in [6.45, 7) is 4.69. The highest BCUT2D eigenvalue weighted by molar-refractivity contribution is 5.83. The normalized spacial score (nSPS) is 12.2. The van der Waals surface area contributed by atoms with Crippen LogP contribution in [0.15, 0.2) is 30.3 Å². The van der Waals surface area contributed by atoms with Crippen molar-refractivity contribution in [3.05, 3.63) is 35.9 Å². The first kappa shape index (κ1) is 10.8. The Labute approximate surface area is 85.5 Å². The molecule has 0 saturated carbocycles. The molecular formula is C12H17NO. The maximum absolute atomic E-state index is 11.8. The van der Waals surface area contributed by atoms with E-state index in [1.807, 2.05) is 51.2 Å². The highest BCUT2D eigenvalue weighted by Gasteiger charge is 2.17. The minimum Gasteiger partial charge on any atom is -0.346 e. The van der Waals surface area contributed by atoms with Gasteiger partial charge in [-0.2, -0.15) is 0 Å². The van der Waals surface area contributed by atoms with Gasteiger partial charge < -0.3 is 4.90 Å². The summed E-state index contributed by atoms with van der Waals surface area (Å²) in [6, 6.07) is 9.87. The predicted octanol–water partition coefficient (Wildman–Crippen LogP) is 2.27. The Morgan fingerprint density at radius 3 is 2.43 bits per heavy atom. The van der Waals surface area contributed by atoms with Gasteiger partial charge in [-0.25, -0.2) is 0 Å². The first-order valence-electron chi connectivity index (χ1n) is 4.96. The van der Waals surface area contributed by atoms with E-state index >= 15 is 0 Å². The van der Waals surface area contributed by atoms with E-state index in [9.17, 15) is 4.79 Å². The van der Waals surface area contributed by atoms with Crippen LogP contribution in [0.1, 0.15) is 25.3 Å². The van der Waals surface area contributed by atoms with Crippen LogP contribution >= 0.6 is 0 Å². The van der Waals surface area contributed by atoms with Crippen molar-refractivity contribution in [1.29, 1.82) is 0 Å². The lowest BCUT2D eigenvalue weighted by molar-refractivity contribution is -0.130.